The van der Waals surface area contributed by atoms with Crippen molar-refractivity contribution in [2.45, 2.75) is 58.7 Å². The number of carbonyl (C=O) groups is 3. The minimum absolute atomic E-state index is 0.0209. The van der Waals surface area contributed by atoms with Crippen molar-refractivity contribution in [1.82, 2.24) is 25.8 Å². The number of nitrogens with one attached hydrogen (secondary N) is 3. The van der Waals surface area contributed by atoms with Crippen LogP contribution in [0.25, 0.3) is 0 Å². The Bertz CT molecular complexity index is 1100. The molecular weight excluding hydrogens is 490 g/mol. The lowest BCUT2D eigenvalue weighted by Crippen LogP contribution is -2.42. The number of benzene rings is 1. The second-order valence-corrected chi connectivity index (χ2v) is 9.47. The number of nitrogens with zero attached hydrogens (tertiary/aromatic N) is 3. The maximum atomic E-state index is 12.9. The zero-order valence-electron chi connectivity index (χ0n) is 22.7. The van der Waals surface area contributed by atoms with Gasteiger partial charge in [0.1, 0.15) is 17.8 Å². The molecule has 38 heavy (non-hydrogen) atoms. The van der Waals surface area contributed by atoms with Crippen LogP contribution in [0.15, 0.2) is 39.7 Å². The Morgan fingerprint density at radius 1 is 1.18 bits per heavy atom. The molecule has 2 rings (SSSR count). The van der Waals surface area contributed by atoms with Gasteiger partial charge >= 0.3 is 12.0 Å². The molecular formula is C26H39N7O5. The molecule has 3 amide bonds. The first kappa shape index (κ1) is 30.1. The number of aromatic nitrogens is 1. The van der Waals surface area contributed by atoms with Crippen LogP contribution in [0.4, 0.5) is 4.79 Å². The van der Waals surface area contributed by atoms with Crippen LogP contribution in [0.1, 0.15) is 66.9 Å². The first-order valence-electron chi connectivity index (χ1n) is 12.5. The van der Waals surface area contributed by atoms with Gasteiger partial charge in [-0.15, -0.1) is 0 Å². The lowest BCUT2D eigenvalue weighted by atomic mass is 10.0. The molecule has 0 fully saturated rings. The van der Waals surface area contributed by atoms with Gasteiger partial charge in [-0.2, -0.15) is 0 Å². The summed E-state index contributed by atoms with van der Waals surface area (Å²) in [7, 11) is 3.23. The van der Waals surface area contributed by atoms with Crippen molar-refractivity contribution in [3.8, 4) is 0 Å². The second kappa shape index (κ2) is 14.6. The number of carbonyl (C=O) groups excluding carboxylic acids is 2. The van der Waals surface area contributed by atoms with Gasteiger partial charge in [0.25, 0.3) is 5.91 Å². The molecule has 208 valence electrons. The largest absolute Gasteiger partial charge is 0.480 e. The van der Waals surface area contributed by atoms with Gasteiger partial charge in [0.15, 0.2) is 11.7 Å². The summed E-state index contributed by atoms with van der Waals surface area (Å²) in [4.78, 5) is 47.2. The number of carboxylic acid groups (broad SMARTS) is 1. The minimum Gasteiger partial charge on any atom is -0.480 e. The van der Waals surface area contributed by atoms with Gasteiger partial charge in [0.2, 0.25) is 5.89 Å². The number of guanidine groups is 1. The average Bonchev–Trinajstić information content (AvgIpc) is 3.26. The molecule has 2 atom stereocenters. The van der Waals surface area contributed by atoms with Gasteiger partial charge in [-0.1, -0.05) is 44.2 Å². The minimum atomic E-state index is -1.16. The zero-order valence-corrected chi connectivity index (χ0v) is 22.7. The first-order chi connectivity index (χ1) is 18.0. The number of carboxylic acids is 1. The topological polar surface area (TPSA) is 175 Å². The van der Waals surface area contributed by atoms with Crippen molar-refractivity contribution in [2.75, 3.05) is 20.6 Å². The summed E-state index contributed by atoms with van der Waals surface area (Å²) in [6.07, 6.45) is 1.14. The molecule has 0 radical (unpaired) electrons. The molecule has 6 N–H and O–H groups in total. The van der Waals surface area contributed by atoms with Crippen molar-refractivity contribution in [3.63, 3.8) is 0 Å². The summed E-state index contributed by atoms with van der Waals surface area (Å²) in [5, 5.41) is 17.9. The number of aliphatic imine (C=N–C) groups is 1. The van der Waals surface area contributed by atoms with E-state index in [1.165, 1.54) is 7.05 Å². The fraction of sp³-hybridized carbons (Fsp3) is 0.500. The molecule has 0 aliphatic carbocycles. The van der Waals surface area contributed by atoms with Crippen LogP contribution in [-0.2, 0) is 11.3 Å². The monoisotopic (exact) mass is 529 g/mol. The maximum Gasteiger partial charge on any atom is 0.326 e. The number of urea groups is 1. The summed E-state index contributed by atoms with van der Waals surface area (Å²) in [6.45, 7) is 6.41. The van der Waals surface area contributed by atoms with Crippen LogP contribution in [0.2, 0.25) is 0 Å². The first-order valence-corrected chi connectivity index (χ1v) is 12.5. The molecule has 1 heterocycles. The SMILES string of the molecule is CN=C(N)NCCC[C@H](NC(=O)c1nc([C@H](CC(C)C)NC(=O)N(C)Cc2ccccc2)oc1C)C(=O)O. The van der Waals surface area contributed by atoms with E-state index in [9.17, 15) is 19.5 Å². The van der Waals surface area contributed by atoms with Crippen LogP contribution >= 0.6 is 0 Å². The molecule has 0 unspecified atom stereocenters. The fourth-order valence-corrected chi connectivity index (χ4v) is 3.74. The fourth-order valence-electron chi connectivity index (χ4n) is 3.74. The van der Waals surface area contributed by atoms with E-state index >= 15 is 0 Å². The molecule has 0 spiro atoms. The van der Waals surface area contributed by atoms with E-state index in [1.54, 1.807) is 18.9 Å². The number of oxazole rings is 1. The van der Waals surface area contributed by atoms with Crippen LogP contribution in [-0.4, -0.2) is 65.5 Å². The molecule has 0 aliphatic heterocycles. The van der Waals surface area contributed by atoms with E-state index in [0.717, 1.165) is 5.56 Å². The van der Waals surface area contributed by atoms with Crippen molar-refractivity contribution in [1.29, 1.82) is 0 Å². The Morgan fingerprint density at radius 2 is 1.87 bits per heavy atom. The summed E-state index contributed by atoms with van der Waals surface area (Å²) >= 11 is 0. The average molecular weight is 530 g/mol. The Morgan fingerprint density at radius 3 is 2.47 bits per heavy atom. The van der Waals surface area contributed by atoms with E-state index in [-0.39, 0.29) is 41.7 Å². The van der Waals surface area contributed by atoms with E-state index in [2.05, 4.69) is 25.9 Å². The van der Waals surface area contributed by atoms with Crippen LogP contribution < -0.4 is 21.7 Å². The summed E-state index contributed by atoms with van der Waals surface area (Å²) < 4.78 is 5.79. The van der Waals surface area contributed by atoms with Gasteiger partial charge in [-0.05, 0) is 37.7 Å². The van der Waals surface area contributed by atoms with Gasteiger partial charge in [0, 0.05) is 27.2 Å². The zero-order chi connectivity index (χ0) is 28.2. The van der Waals surface area contributed by atoms with E-state index < -0.39 is 24.0 Å². The van der Waals surface area contributed by atoms with E-state index in [1.807, 2.05) is 44.2 Å². The highest BCUT2D eigenvalue weighted by atomic mass is 16.4. The van der Waals surface area contributed by atoms with Crippen LogP contribution in [0, 0.1) is 12.8 Å². The number of nitrogens with two attached hydrogens (primary N) is 1. The standard InChI is InChI=1S/C26H39N7O5/c1-16(2)14-20(31-26(37)33(5)15-18-10-7-6-8-11-18)23-32-21(17(3)38-23)22(34)30-19(24(35)36)12-9-13-29-25(27)28-4/h6-8,10-11,16,19-20H,9,12-15H2,1-5H3,(H,30,34)(H,31,37)(H,35,36)(H3,27,28,29)/t19-,20-/m0/s1. The van der Waals surface area contributed by atoms with Gasteiger partial charge in [-0.25, -0.2) is 14.6 Å². The third-order valence-electron chi connectivity index (χ3n) is 5.76. The maximum absolute atomic E-state index is 12.9. The van der Waals surface area contributed by atoms with Crippen molar-refractivity contribution in [2.24, 2.45) is 16.6 Å². The molecule has 1 aromatic carbocycles. The van der Waals surface area contributed by atoms with E-state index in [0.29, 0.717) is 25.9 Å². The molecule has 0 bridgehead atoms. The number of hydrogen-bond donors (Lipinski definition) is 5. The number of aryl methyl sites for hydroxylation is 1. The van der Waals surface area contributed by atoms with Gasteiger partial charge < -0.3 is 36.1 Å². The molecule has 12 heteroatoms. The van der Waals surface area contributed by atoms with Crippen molar-refractivity contribution in [3.05, 3.63) is 53.2 Å². The molecule has 1 aromatic heterocycles. The highest BCUT2D eigenvalue weighted by Crippen LogP contribution is 2.24. The third kappa shape index (κ3) is 9.41. The van der Waals surface area contributed by atoms with Gasteiger partial charge in [-0.3, -0.25) is 9.79 Å². The number of hydrogen-bond acceptors (Lipinski definition) is 6. The van der Waals surface area contributed by atoms with Crippen molar-refractivity contribution < 1.29 is 23.9 Å². The highest BCUT2D eigenvalue weighted by Gasteiger charge is 2.28. The lowest BCUT2D eigenvalue weighted by Gasteiger charge is -2.23. The summed E-state index contributed by atoms with van der Waals surface area (Å²) in [5.41, 5.74) is 6.53. The van der Waals surface area contributed by atoms with Crippen LogP contribution in [0.5, 0.6) is 0 Å². The third-order valence-corrected chi connectivity index (χ3v) is 5.76. The molecule has 0 saturated carbocycles. The lowest BCUT2D eigenvalue weighted by molar-refractivity contribution is -0.139. The van der Waals surface area contributed by atoms with Gasteiger partial charge in [0.05, 0.1) is 0 Å². The highest BCUT2D eigenvalue weighted by molar-refractivity contribution is 5.95. The van der Waals surface area contributed by atoms with Crippen LogP contribution in [0.3, 0.4) is 0 Å². The Kier molecular flexibility index (Phi) is 11.6. The number of rotatable bonds is 13. The Hall–Kier alpha value is -4.09. The summed E-state index contributed by atoms with van der Waals surface area (Å²) in [6, 6.07) is 7.60. The predicted molar refractivity (Wildman–Crippen MR) is 144 cm³/mol. The second-order valence-electron chi connectivity index (χ2n) is 9.47. The normalized spacial score (nSPS) is 13.1. The number of aliphatic carboxylic acids is 1. The molecule has 0 aliphatic rings. The Balaban J connectivity index is 2.09. The molecule has 12 nitrogen and oxygen atoms in total. The van der Waals surface area contributed by atoms with Crippen molar-refractivity contribution >= 4 is 23.9 Å². The summed E-state index contributed by atoms with van der Waals surface area (Å²) in [5.74, 6) is -0.961. The van der Waals surface area contributed by atoms with E-state index in [4.69, 9.17) is 10.2 Å². The molecule has 0 saturated heterocycles. The predicted octanol–water partition coefficient (Wildman–Crippen LogP) is 2.41. The molecule has 2 aromatic rings. The number of amides is 3. The quantitative estimate of drug-likeness (QED) is 0.149. The Labute approximate surface area is 223 Å². The smallest absolute Gasteiger partial charge is 0.326 e.